The van der Waals surface area contributed by atoms with E-state index in [-0.39, 0.29) is 5.82 Å². The summed E-state index contributed by atoms with van der Waals surface area (Å²) < 4.78 is 13.0. The van der Waals surface area contributed by atoms with E-state index in [0.717, 1.165) is 19.4 Å². The molecule has 0 spiro atoms. The summed E-state index contributed by atoms with van der Waals surface area (Å²) >= 11 is 0. The number of pyridine rings is 1. The van der Waals surface area contributed by atoms with Crippen molar-refractivity contribution in [3.05, 3.63) is 29.8 Å². The molecule has 13 heavy (non-hydrogen) atoms. The SMILES string of the molecule is CCCCNCc1ncccc1F. The fourth-order valence-corrected chi connectivity index (χ4v) is 1.06. The van der Waals surface area contributed by atoms with E-state index in [2.05, 4.69) is 17.2 Å². The lowest BCUT2D eigenvalue weighted by molar-refractivity contribution is 0.566. The third kappa shape index (κ3) is 3.51. The number of nitrogens with zero attached hydrogens (tertiary/aromatic N) is 1. The van der Waals surface area contributed by atoms with E-state index in [1.807, 2.05) is 0 Å². The van der Waals surface area contributed by atoms with Gasteiger partial charge in [-0.2, -0.15) is 0 Å². The Bertz CT molecular complexity index is 250. The second-order valence-electron chi connectivity index (χ2n) is 2.96. The first kappa shape index (κ1) is 10.1. The van der Waals surface area contributed by atoms with Crippen LogP contribution in [0.5, 0.6) is 0 Å². The van der Waals surface area contributed by atoms with Gasteiger partial charge in [0.1, 0.15) is 5.82 Å². The summed E-state index contributed by atoms with van der Waals surface area (Å²) in [7, 11) is 0. The maximum Gasteiger partial charge on any atom is 0.146 e. The monoisotopic (exact) mass is 182 g/mol. The highest BCUT2D eigenvalue weighted by Gasteiger charge is 1.99. The molecule has 0 bridgehead atoms. The molecule has 1 aromatic heterocycles. The number of unbranched alkanes of at least 4 members (excludes halogenated alkanes) is 1. The second-order valence-corrected chi connectivity index (χ2v) is 2.96. The van der Waals surface area contributed by atoms with Gasteiger partial charge in [-0.05, 0) is 25.1 Å². The highest BCUT2D eigenvalue weighted by Crippen LogP contribution is 2.01. The molecule has 0 fully saturated rings. The number of hydrogen-bond donors (Lipinski definition) is 1. The molecule has 0 aromatic carbocycles. The van der Waals surface area contributed by atoms with Gasteiger partial charge in [0.15, 0.2) is 0 Å². The summed E-state index contributed by atoms with van der Waals surface area (Å²) in [5.41, 5.74) is 0.499. The Labute approximate surface area is 78.2 Å². The van der Waals surface area contributed by atoms with Gasteiger partial charge in [0.25, 0.3) is 0 Å². The molecule has 1 heterocycles. The number of aromatic nitrogens is 1. The van der Waals surface area contributed by atoms with Gasteiger partial charge >= 0.3 is 0 Å². The lowest BCUT2D eigenvalue weighted by atomic mass is 10.3. The standard InChI is InChI=1S/C10H15FN2/c1-2-3-6-12-8-10-9(11)5-4-7-13-10/h4-5,7,12H,2-3,6,8H2,1H3. The summed E-state index contributed by atoms with van der Waals surface area (Å²) in [6.45, 7) is 3.57. The van der Waals surface area contributed by atoms with Crippen LogP contribution in [0.25, 0.3) is 0 Å². The Morgan fingerprint density at radius 2 is 2.38 bits per heavy atom. The Kier molecular flexibility index (Phi) is 4.40. The summed E-state index contributed by atoms with van der Waals surface area (Å²) in [5.74, 6) is -0.230. The molecule has 3 heteroatoms. The Hall–Kier alpha value is -0.960. The Morgan fingerprint density at radius 3 is 3.08 bits per heavy atom. The zero-order valence-corrected chi connectivity index (χ0v) is 7.89. The molecule has 1 aromatic rings. The third-order valence-corrected chi connectivity index (χ3v) is 1.83. The number of halogens is 1. The molecule has 0 aliphatic carbocycles. The number of rotatable bonds is 5. The van der Waals surface area contributed by atoms with Crippen molar-refractivity contribution in [3.8, 4) is 0 Å². The maximum atomic E-state index is 13.0. The lowest BCUT2D eigenvalue weighted by Crippen LogP contribution is -2.16. The van der Waals surface area contributed by atoms with E-state index in [9.17, 15) is 4.39 Å². The van der Waals surface area contributed by atoms with Gasteiger partial charge in [-0.3, -0.25) is 4.98 Å². The molecule has 1 N–H and O–H groups in total. The average molecular weight is 182 g/mol. The molecule has 0 aliphatic heterocycles. The van der Waals surface area contributed by atoms with Crippen LogP contribution < -0.4 is 5.32 Å². The largest absolute Gasteiger partial charge is 0.311 e. The van der Waals surface area contributed by atoms with Crippen LogP contribution >= 0.6 is 0 Å². The normalized spacial score (nSPS) is 10.3. The first-order valence-corrected chi connectivity index (χ1v) is 4.64. The third-order valence-electron chi connectivity index (χ3n) is 1.83. The molecular weight excluding hydrogens is 167 g/mol. The topological polar surface area (TPSA) is 24.9 Å². The first-order chi connectivity index (χ1) is 6.34. The van der Waals surface area contributed by atoms with Gasteiger partial charge in [0.05, 0.1) is 5.69 Å². The van der Waals surface area contributed by atoms with Crippen LogP contribution in [0.15, 0.2) is 18.3 Å². The predicted molar refractivity (Wildman–Crippen MR) is 50.8 cm³/mol. The minimum atomic E-state index is -0.230. The molecule has 72 valence electrons. The van der Waals surface area contributed by atoms with E-state index in [0.29, 0.717) is 12.2 Å². The van der Waals surface area contributed by atoms with Gasteiger partial charge in [-0.1, -0.05) is 13.3 Å². The highest BCUT2D eigenvalue weighted by molar-refractivity contribution is 5.06. The zero-order chi connectivity index (χ0) is 9.52. The smallest absolute Gasteiger partial charge is 0.146 e. The summed E-state index contributed by atoms with van der Waals surface area (Å²) in [5, 5.41) is 3.14. The van der Waals surface area contributed by atoms with Crippen LogP contribution in [0.1, 0.15) is 25.5 Å². The van der Waals surface area contributed by atoms with Crippen LogP contribution in [0, 0.1) is 5.82 Å². The molecule has 0 saturated carbocycles. The van der Waals surface area contributed by atoms with Crippen LogP contribution in [0.2, 0.25) is 0 Å². The van der Waals surface area contributed by atoms with Gasteiger partial charge in [-0.15, -0.1) is 0 Å². The lowest BCUT2D eigenvalue weighted by Gasteiger charge is -2.03. The van der Waals surface area contributed by atoms with Gasteiger partial charge in [0.2, 0.25) is 0 Å². The van der Waals surface area contributed by atoms with Crippen LogP contribution in [0.4, 0.5) is 4.39 Å². The highest BCUT2D eigenvalue weighted by atomic mass is 19.1. The van der Waals surface area contributed by atoms with Gasteiger partial charge in [-0.25, -0.2) is 4.39 Å². The quantitative estimate of drug-likeness (QED) is 0.705. The van der Waals surface area contributed by atoms with Crippen LogP contribution in [-0.4, -0.2) is 11.5 Å². The molecule has 0 aliphatic rings. The summed E-state index contributed by atoms with van der Waals surface area (Å²) in [4.78, 5) is 3.94. The van der Waals surface area contributed by atoms with E-state index < -0.39 is 0 Å². The molecule has 1 rings (SSSR count). The molecule has 2 nitrogen and oxygen atoms in total. The Morgan fingerprint density at radius 1 is 1.54 bits per heavy atom. The maximum absolute atomic E-state index is 13.0. The van der Waals surface area contributed by atoms with Crippen molar-refractivity contribution in [3.63, 3.8) is 0 Å². The minimum Gasteiger partial charge on any atom is -0.311 e. The van der Waals surface area contributed by atoms with E-state index in [4.69, 9.17) is 0 Å². The first-order valence-electron chi connectivity index (χ1n) is 4.64. The van der Waals surface area contributed by atoms with Gasteiger partial charge in [0, 0.05) is 12.7 Å². The van der Waals surface area contributed by atoms with Crippen molar-refractivity contribution < 1.29 is 4.39 Å². The van der Waals surface area contributed by atoms with Crippen molar-refractivity contribution in [2.24, 2.45) is 0 Å². The number of nitrogens with one attached hydrogen (secondary N) is 1. The van der Waals surface area contributed by atoms with E-state index in [1.165, 1.54) is 6.07 Å². The molecule has 0 radical (unpaired) electrons. The van der Waals surface area contributed by atoms with E-state index >= 15 is 0 Å². The summed E-state index contributed by atoms with van der Waals surface area (Å²) in [6.07, 6.45) is 3.88. The van der Waals surface area contributed by atoms with Crippen molar-refractivity contribution in [2.75, 3.05) is 6.54 Å². The molecular formula is C10H15FN2. The molecule has 0 saturated heterocycles. The molecule has 0 amide bonds. The van der Waals surface area contributed by atoms with Crippen molar-refractivity contribution in [1.29, 1.82) is 0 Å². The van der Waals surface area contributed by atoms with Crippen molar-refractivity contribution >= 4 is 0 Å². The van der Waals surface area contributed by atoms with Crippen LogP contribution in [0.3, 0.4) is 0 Å². The van der Waals surface area contributed by atoms with Crippen molar-refractivity contribution in [2.45, 2.75) is 26.3 Å². The van der Waals surface area contributed by atoms with Crippen molar-refractivity contribution in [1.82, 2.24) is 10.3 Å². The van der Waals surface area contributed by atoms with Gasteiger partial charge < -0.3 is 5.32 Å². The zero-order valence-electron chi connectivity index (χ0n) is 7.89. The molecule has 0 unspecified atom stereocenters. The summed E-state index contributed by atoms with van der Waals surface area (Å²) in [6, 6.07) is 3.04. The molecule has 0 atom stereocenters. The average Bonchev–Trinajstić information content (AvgIpc) is 2.15. The Balaban J connectivity index is 2.32. The number of hydrogen-bond acceptors (Lipinski definition) is 2. The van der Waals surface area contributed by atoms with E-state index in [1.54, 1.807) is 12.3 Å². The fraction of sp³-hybridized carbons (Fsp3) is 0.500. The second kappa shape index (κ2) is 5.65. The predicted octanol–water partition coefficient (Wildman–Crippen LogP) is 2.11. The minimum absolute atomic E-state index is 0.230. The fourth-order valence-electron chi connectivity index (χ4n) is 1.06. The van der Waals surface area contributed by atoms with Crippen LogP contribution in [-0.2, 0) is 6.54 Å².